The number of nitrogens with zero attached hydrogens (tertiary/aromatic N) is 1. The van der Waals surface area contributed by atoms with E-state index in [1.54, 1.807) is 32.4 Å². The molecule has 0 aliphatic rings. The van der Waals surface area contributed by atoms with Gasteiger partial charge in [0.1, 0.15) is 5.82 Å². The summed E-state index contributed by atoms with van der Waals surface area (Å²) >= 11 is 0. The van der Waals surface area contributed by atoms with Crippen molar-refractivity contribution in [1.29, 1.82) is 0 Å². The van der Waals surface area contributed by atoms with E-state index in [0.717, 1.165) is 18.5 Å². The fourth-order valence-corrected chi connectivity index (χ4v) is 2.54. The normalized spacial score (nSPS) is 10.0. The predicted molar refractivity (Wildman–Crippen MR) is 116 cm³/mol. The SMILES string of the molecule is COc1ccc(CCN(C)CCC(=O)Nc2ccccc2F)cc1OC.O=C(O)C(=O)O. The molecular formula is C22H27FN2O7. The largest absolute Gasteiger partial charge is 0.493 e. The number of methoxy groups -OCH3 is 2. The van der Waals surface area contributed by atoms with Crippen LogP contribution in [0.4, 0.5) is 10.1 Å². The summed E-state index contributed by atoms with van der Waals surface area (Å²) in [6.45, 7) is 1.38. The average Bonchev–Trinajstić information content (AvgIpc) is 2.77. The lowest BCUT2D eigenvalue weighted by molar-refractivity contribution is -0.159. The maximum absolute atomic E-state index is 13.5. The van der Waals surface area contributed by atoms with Gasteiger partial charge in [0.2, 0.25) is 5.91 Å². The minimum Gasteiger partial charge on any atom is -0.493 e. The summed E-state index contributed by atoms with van der Waals surface area (Å²) in [6.07, 6.45) is 1.13. The number of halogens is 1. The number of carbonyl (C=O) groups excluding carboxylic acids is 1. The van der Waals surface area contributed by atoms with Crippen LogP contribution >= 0.6 is 0 Å². The van der Waals surface area contributed by atoms with E-state index >= 15 is 0 Å². The molecule has 0 saturated heterocycles. The summed E-state index contributed by atoms with van der Waals surface area (Å²) in [4.78, 5) is 32.2. The van der Waals surface area contributed by atoms with Crippen molar-refractivity contribution in [2.45, 2.75) is 12.8 Å². The summed E-state index contributed by atoms with van der Waals surface area (Å²) < 4.78 is 24.1. The Hall–Kier alpha value is -3.66. The Balaban J connectivity index is 0.000000751. The lowest BCUT2D eigenvalue weighted by Crippen LogP contribution is -2.26. The zero-order valence-electron chi connectivity index (χ0n) is 18.1. The number of rotatable bonds is 9. The van der Waals surface area contributed by atoms with Gasteiger partial charge in [-0.1, -0.05) is 18.2 Å². The number of benzene rings is 2. The van der Waals surface area contributed by atoms with Crippen molar-refractivity contribution in [3.05, 3.63) is 53.8 Å². The van der Waals surface area contributed by atoms with Crippen LogP contribution in [0.15, 0.2) is 42.5 Å². The quantitative estimate of drug-likeness (QED) is 0.498. The van der Waals surface area contributed by atoms with Crippen LogP contribution in [0.3, 0.4) is 0 Å². The molecule has 0 heterocycles. The van der Waals surface area contributed by atoms with Crippen molar-refractivity contribution in [2.24, 2.45) is 0 Å². The van der Waals surface area contributed by atoms with Gasteiger partial charge in [0.25, 0.3) is 0 Å². The number of carbonyl (C=O) groups is 3. The second-order valence-electron chi connectivity index (χ2n) is 6.63. The monoisotopic (exact) mass is 450 g/mol. The van der Waals surface area contributed by atoms with Crippen LogP contribution in [0.25, 0.3) is 0 Å². The Morgan fingerprint density at radius 3 is 2.16 bits per heavy atom. The van der Waals surface area contributed by atoms with E-state index in [1.807, 2.05) is 25.2 Å². The summed E-state index contributed by atoms with van der Waals surface area (Å²) in [5.74, 6) is -2.87. The van der Waals surface area contributed by atoms with Gasteiger partial charge in [-0.2, -0.15) is 0 Å². The number of amides is 1. The molecule has 1 amide bonds. The van der Waals surface area contributed by atoms with E-state index in [-0.39, 0.29) is 11.6 Å². The van der Waals surface area contributed by atoms with Crippen molar-refractivity contribution >= 4 is 23.5 Å². The highest BCUT2D eigenvalue weighted by Gasteiger charge is 2.09. The maximum atomic E-state index is 13.5. The van der Waals surface area contributed by atoms with Gasteiger partial charge in [-0.25, -0.2) is 14.0 Å². The van der Waals surface area contributed by atoms with E-state index < -0.39 is 17.8 Å². The molecule has 0 aromatic heterocycles. The molecule has 0 saturated carbocycles. The van der Waals surface area contributed by atoms with Gasteiger partial charge in [0.05, 0.1) is 19.9 Å². The molecule has 2 aromatic rings. The summed E-state index contributed by atoms with van der Waals surface area (Å²) in [5, 5.41) is 17.4. The Bertz CT molecular complexity index is 909. The third kappa shape index (κ3) is 9.43. The van der Waals surface area contributed by atoms with Crippen LogP contribution < -0.4 is 14.8 Å². The molecule has 0 spiro atoms. The second kappa shape index (κ2) is 13.6. The van der Waals surface area contributed by atoms with Crippen LogP contribution in [-0.2, 0) is 20.8 Å². The predicted octanol–water partition coefficient (Wildman–Crippen LogP) is 2.50. The zero-order valence-corrected chi connectivity index (χ0v) is 18.1. The Morgan fingerprint density at radius 1 is 0.969 bits per heavy atom. The minimum absolute atomic E-state index is 0.201. The van der Waals surface area contributed by atoms with Gasteiger partial charge in [0.15, 0.2) is 11.5 Å². The third-order valence-electron chi connectivity index (χ3n) is 4.28. The van der Waals surface area contributed by atoms with Gasteiger partial charge in [-0.05, 0) is 43.3 Å². The van der Waals surface area contributed by atoms with Gasteiger partial charge in [0, 0.05) is 19.5 Å². The topological polar surface area (TPSA) is 125 Å². The lowest BCUT2D eigenvalue weighted by atomic mass is 10.1. The number of hydrogen-bond donors (Lipinski definition) is 3. The number of carboxylic acids is 2. The highest BCUT2D eigenvalue weighted by molar-refractivity contribution is 6.27. The molecule has 10 heteroatoms. The van der Waals surface area contributed by atoms with Gasteiger partial charge in [-0.3, -0.25) is 4.79 Å². The fraction of sp³-hybridized carbons (Fsp3) is 0.318. The first-order valence-corrected chi connectivity index (χ1v) is 9.58. The summed E-state index contributed by atoms with van der Waals surface area (Å²) in [7, 11) is 5.18. The molecule has 0 bridgehead atoms. The Labute approximate surface area is 185 Å². The van der Waals surface area contributed by atoms with E-state index in [0.29, 0.717) is 24.5 Å². The number of para-hydroxylation sites is 1. The minimum atomic E-state index is -1.82. The van der Waals surface area contributed by atoms with Gasteiger partial charge >= 0.3 is 11.9 Å². The molecule has 0 unspecified atom stereocenters. The number of aliphatic carboxylic acids is 2. The van der Waals surface area contributed by atoms with Crippen LogP contribution in [0.2, 0.25) is 0 Å². The second-order valence-corrected chi connectivity index (χ2v) is 6.63. The number of ether oxygens (including phenoxy) is 2. The smallest absolute Gasteiger partial charge is 0.414 e. The maximum Gasteiger partial charge on any atom is 0.414 e. The molecule has 2 rings (SSSR count). The van der Waals surface area contributed by atoms with Crippen LogP contribution in [0, 0.1) is 5.82 Å². The van der Waals surface area contributed by atoms with Crippen LogP contribution in [0.5, 0.6) is 11.5 Å². The third-order valence-corrected chi connectivity index (χ3v) is 4.28. The molecule has 174 valence electrons. The van der Waals surface area contributed by atoms with Gasteiger partial charge in [-0.15, -0.1) is 0 Å². The van der Waals surface area contributed by atoms with Crippen molar-refractivity contribution in [3.8, 4) is 11.5 Å². The van der Waals surface area contributed by atoms with E-state index in [2.05, 4.69) is 10.2 Å². The highest BCUT2D eigenvalue weighted by atomic mass is 19.1. The lowest BCUT2D eigenvalue weighted by Gasteiger charge is -2.17. The molecule has 2 aromatic carbocycles. The first kappa shape index (κ1) is 26.4. The molecule has 0 aliphatic carbocycles. The standard InChI is InChI=1S/C20H25FN2O3.C2H2O4/c1-23(12-10-15-8-9-18(25-2)19(14-15)26-3)13-11-20(24)22-17-7-5-4-6-16(17)21;3-1(4)2(5)6/h4-9,14H,10-13H2,1-3H3,(H,22,24);(H,3,4)(H,5,6). The molecule has 0 aliphatic heterocycles. The Kier molecular flexibility index (Phi) is 11.2. The first-order valence-electron chi connectivity index (χ1n) is 9.58. The van der Waals surface area contributed by atoms with E-state index in [9.17, 15) is 9.18 Å². The molecular weight excluding hydrogens is 423 g/mol. The molecule has 32 heavy (non-hydrogen) atoms. The number of carboxylic acid groups (broad SMARTS) is 2. The molecule has 0 atom stereocenters. The highest BCUT2D eigenvalue weighted by Crippen LogP contribution is 2.27. The molecule has 3 N–H and O–H groups in total. The van der Waals surface area contributed by atoms with E-state index in [1.165, 1.54) is 6.07 Å². The van der Waals surface area contributed by atoms with Crippen molar-refractivity contribution in [2.75, 3.05) is 39.7 Å². The molecule has 0 fully saturated rings. The van der Waals surface area contributed by atoms with Crippen molar-refractivity contribution in [3.63, 3.8) is 0 Å². The zero-order chi connectivity index (χ0) is 24.1. The summed E-state index contributed by atoms with van der Waals surface area (Å²) in [6, 6.07) is 12.0. The number of hydrogen-bond acceptors (Lipinski definition) is 6. The fourth-order valence-electron chi connectivity index (χ4n) is 2.54. The molecule has 0 radical (unpaired) electrons. The van der Waals surface area contributed by atoms with Gasteiger partial charge < -0.3 is 29.9 Å². The number of nitrogens with one attached hydrogen (secondary N) is 1. The van der Waals surface area contributed by atoms with Crippen LogP contribution in [0.1, 0.15) is 12.0 Å². The average molecular weight is 450 g/mol. The first-order chi connectivity index (χ1) is 15.2. The number of anilines is 1. The van der Waals surface area contributed by atoms with E-state index in [4.69, 9.17) is 29.3 Å². The Morgan fingerprint density at radius 2 is 1.59 bits per heavy atom. The summed E-state index contributed by atoms with van der Waals surface area (Å²) in [5.41, 5.74) is 1.34. The van der Waals surface area contributed by atoms with Crippen molar-refractivity contribution < 1.29 is 38.5 Å². The van der Waals surface area contributed by atoms with Crippen molar-refractivity contribution in [1.82, 2.24) is 4.90 Å². The van der Waals surface area contributed by atoms with Crippen LogP contribution in [-0.4, -0.2) is 67.3 Å². The molecule has 9 nitrogen and oxygen atoms in total. The number of likely N-dealkylation sites (N-methyl/N-ethyl adjacent to an activating group) is 1.